The van der Waals surface area contributed by atoms with E-state index in [1.165, 1.54) is 11.3 Å². The first kappa shape index (κ1) is 33.2. The van der Waals surface area contributed by atoms with Gasteiger partial charge in [0.25, 0.3) is 0 Å². The third kappa shape index (κ3) is 6.39. The molecule has 0 fully saturated rings. The second-order valence-corrected chi connectivity index (χ2v) is 13.6. The van der Waals surface area contributed by atoms with Gasteiger partial charge in [-0.2, -0.15) is 0 Å². The van der Waals surface area contributed by atoms with Gasteiger partial charge in [0.1, 0.15) is 0 Å². The predicted molar refractivity (Wildman–Crippen MR) is 222 cm³/mol. The highest BCUT2D eigenvalue weighted by Gasteiger charge is 2.18. The summed E-state index contributed by atoms with van der Waals surface area (Å²) >= 11 is 0. The summed E-state index contributed by atoms with van der Waals surface area (Å²) in [5.41, 5.74) is 17.0. The lowest BCUT2D eigenvalue weighted by molar-refractivity contribution is 0.745. The summed E-state index contributed by atoms with van der Waals surface area (Å²) in [5, 5.41) is 0. The van der Waals surface area contributed by atoms with Gasteiger partial charge in [-0.15, -0.1) is 0 Å². The van der Waals surface area contributed by atoms with Crippen molar-refractivity contribution in [1.29, 1.82) is 0 Å². The molecule has 258 valence electrons. The molecule has 5 heteroatoms. The molecule has 3 aromatic heterocycles. The van der Waals surface area contributed by atoms with Crippen LogP contribution >= 0.6 is 0 Å². The number of aromatic nitrogens is 4. The molecule has 52 heavy (non-hydrogen) atoms. The molecule has 6 aromatic rings. The van der Waals surface area contributed by atoms with E-state index < -0.39 is 0 Å². The molecule has 3 aromatic carbocycles. The largest absolute Gasteiger partial charge is 0.372 e. The summed E-state index contributed by atoms with van der Waals surface area (Å²) in [4.78, 5) is 20.9. The summed E-state index contributed by atoms with van der Waals surface area (Å²) in [7, 11) is 0. The zero-order valence-electron chi connectivity index (χ0n) is 30.3. The molecule has 8 bridgehead atoms. The zero-order valence-corrected chi connectivity index (χ0v) is 30.3. The maximum absolute atomic E-state index is 5.33. The summed E-state index contributed by atoms with van der Waals surface area (Å²) in [6, 6.07) is 39.1. The van der Waals surface area contributed by atoms with Crippen molar-refractivity contribution in [3.8, 4) is 33.4 Å². The first-order valence-electron chi connectivity index (χ1n) is 18.8. The van der Waals surface area contributed by atoms with E-state index in [4.69, 9.17) is 9.97 Å². The molecule has 2 aliphatic rings. The Balaban J connectivity index is 1.48. The smallest absolute Gasteiger partial charge is 0.0737 e. The van der Waals surface area contributed by atoms with Gasteiger partial charge in [-0.1, -0.05) is 100.0 Å². The van der Waals surface area contributed by atoms with Crippen molar-refractivity contribution in [2.45, 2.75) is 46.5 Å². The third-order valence-corrected chi connectivity index (χ3v) is 9.99. The van der Waals surface area contributed by atoms with E-state index in [1.807, 2.05) is 0 Å². The lowest BCUT2D eigenvalue weighted by Gasteiger charge is -2.24. The van der Waals surface area contributed by atoms with E-state index >= 15 is 0 Å². The van der Waals surface area contributed by atoms with Crippen LogP contribution in [0.2, 0.25) is 0 Å². The Morgan fingerprint density at radius 2 is 0.865 bits per heavy atom. The van der Waals surface area contributed by atoms with Crippen LogP contribution in [0.4, 0.5) is 5.69 Å². The van der Waals surface area contributed by atoms with Crippen molar-refractivity contribution < 1.29 is 0 Å². The molecule has 0 saturated carbocycles. The van der Waals surface area contributed by atoms with Crippen LogP contribution in [-0.2, 0) is 6.42 Å². The Bertz CT molecular complexity index is 2290. The van der Waals surface area contributed by atoms with Crippen LogP contribution in [0.25, 0.3) is 79.8 Å². The predicted octanol–water partition coefficient (Wildman–Crippen LogP) is 12.2. The lowest BCUT2D eigenvalue weighted by atomic mass is 10.0. The second-order valence-electron chi connectivity index (χ2n) is 13.6. The minimum absolute atomic E-state index is 0.888. The first-order valence-corrected chi connectivity index (χ1v) is 18.8. The van der Waals surface area contributed by atoms with E-state index in [9.17, 15) is 0 Å². The fourth-order valence-electron chi connectivity index (χ4n) is 7.65. The van der Waals surface area contributed by atoms with E-state index in [2.05, 4.69) is 169 Å². The van der Waals surface area contributed by atoms with Crippen LogP contribution < -0.4 is 4.90 Å². The molecular formula is C47H45N5. The Hall–Kier alpha value is -5.94. The average molecular weight is 680 g/mol. The van der Waals surface area contributed by atoms with Crippen LogP contribution in [0.1, 0.15) is 68.4 Å². The second kappa shape index (κ2) is 14.7. The normalized spacial score (nSPS) is 12.1. The SMILES string of the molecule is CCCc1c2nc(c(-c3ccccc3)c3ccc([nH]3)c(-c3ccc(N(CCC)CCC)cc3)c3ccc([nH]3)c(-c3ccccc3)c3nc1C=C3)C=C2. The topological polar surface area (TPSA) is 60.6 Å². The Morgan fingerprint density at radius 1 is 0.442 bits per heavy atom. The highest BCUT2D eigenvalue weighted by atomic mass is 15.1. The van der Waals surface area contributed by atoms with Crippen molar-refractivity contribution in [3.05, 3.63) is 138 Å². The molecule has 0 amide bonds. The van der Waals surface area contributed by atoms with Crippen LogP contribution in [0.15, 0.2) is 109 Å². The molecule has 0 atom stereocenters. The van der Waals surface area contributed by atoms with Gasteiger partial charge in [0.15, 0.2) is 0 Å². The van der Waals surface area contributed by atoms with Crippen molar-refractivity contribution in [3.63, 3.8) is 0 Å². The molecule has 0 saturated heterocycles. The van der Waals surface area contributed by atoms with Crippen molar-refractivity contribution >= 4 is 52.1 Å². The molecular weight excluding hydrogens is 635 g/mol. The highest BCUT2D eigenvalue weighted by Crippen LogP contribution is 2.37. The standard InChI is InChI=1S/C47H45N5/c1-4-13-36-37-22-24-39(48-37)45(32-14-9-7-10-15-32)41-26-28-43(50-41)47(34-18-20-35(21-19-34)52(30-5-2)31-6-3)44-29-27-42(51-44)46(33-16-11-8-12-17-33)40-25-23-38(36)49-40/h7-12,14-29,50-51H,4-6,13,30-31H2,1-3H3. The van der Waals surface area contributed by atoms with Crippen molar-refractivity contribution in [2.24, 2.45) is 0 Å². The minimum Gasteiger partial charge on any atom is -0.372 e. The van der Waals surface area contributed by atoms with Gasteiger partial charge >= 0.3 is 0 Å². The Morgan fingerprint density at radius 3 is 1.31 bits per heavy atom. The van der Waals surface area contributed by atoms with Gasteiger partial charge in [-0.25, -0.2) is 9.97 Å². The summed E-state index contributed by atoms with van der Waals surface area (Å²) < 4.78 is 0. The van der Waals surface area contributed by atoms with E-state index in [1.54, 1.807) is 0 Å². The molecule has 8 rings (SSSR count). The maximum atomic E-state index is 5.33. The number of anilines is 1. The average Bonchev–Trinajstić information content (AvgIpc) is 4.02. The van der Waals surface area contributed by atoms with Crippen LogP contribution in [-0.4, -0.2) is 33.0 Å². The van der Waals surface area contributed by atoms with Gasteiger partial charge in [0, 0.05) is 63.1 Å². The van der Waals surface area contributed by atoms with Crippen LogP contribution in [0.3, 0.4) is 0 Å². The van der Waals surface area contributed by atoms with E-state index in [0.717, 1.165) is 117 Å². The number of nitrogens with zero attached hydrogens (tertiary/aromatic N) is 3. The Labute approximate surface area is 306 Å². The van der Waals surface area contributed by atoms with Gasteiger partial charge in [0.2, 0.25) is 0 Å². The van der Waals surface area contributed by atoms with E-state index in [0.29, 0.717) is 0 Å². The van der Waals surface area contributed by atoms with Gasteiger partial charge in [0.05, 0.1) is 22.8 Å². The molecule has 0 spiro atoms. The third-order valence-electron chi connectivity index (χ3n) is 9.99. The first-order chi connectivity index (χ1) is 25.6. The lowest BCUT2D eigenvalue weighted by Crippen LogP contribution is -2.24. The van der Waals surface area contributed by atoms with Gasteiger partial charge in [-0.05, 0) is 96.7 Å². The molecule has 5 nitrogen and oxygen atoms in total. The number of hydrogen-bond donors (Lipinski definition) is 2. The highest BCUT2D eigenvalue weighted by molar-refractivity contribution is 5.99. The summed E-state index contributed by atoms with van der Waals surface area (Å²) in [5.74, 6) is 0. The van der Waals surface area contributed by atoms with E-state index in [-0.39, 0.29) is 0 Å². The number of aromatic amines is 2. The number of H-pyrrole nitrogens is 2. The number of fused-ring (bicyclic) bond motifs is 8. The monoisotopic (exact) mass is 679 g/mol. The fraction of sp³-hybridized carbons (Fsp3) is 0.191. The minimum atomic E-state index is 0.888. The van der Waals surface area contributed by atoms with Crippen molar-refractivity contribution in [2.75, 3.05) is 18.0 Å². The zero-order chi connectivity index (χ0) is 35.4. The van der Waals surface area contributed by atoms with Crippen LogP contribution in [0.5, 0.6) is 0 Å². The quantitative estimate of drug-likeness (QED) is 0.151. The molecule has 5 heterocycles. The van der Waals surface area contributed by atoms with Crippen LogP contribution in [0, 0.1) is 0 Å². The van der Waals surface area contributed by atoms with Gasteiger partial charge in [-0.3, -0.25) is 0 Å². The summed E-state index contributed by atoms with van der Waals surface area (Å²) in [6.45, 7) is 8.81. The molecule has 0 aliphatic carbocycles. The number of rotatable bonds is 10. The molecule has 2 N–H and O–H groups in total. The maximum Gasteiger partial charge on any atom is 0.0737 e. The Kier molecular flexibility index (Phi) is 9.41. The molecule has 0 radical (unpaired) electrons. The molecule has 0 unspecified atom stereocenters. The fourth-order valence-corrected chi connectivity index (χ4v) is 7.65. The number of benzene rings is 3. The number of nitrogens with one attached hydrogen (secondary N) is 2. The number of hydrogen-bond acceptors (Lipinski definition) is 3. The molecule has 2 aliphatic heterocycles. The van der Waals surface area contributed by atoms with Crippen molar-refractivity contribution in [1.82, 2.24) is 19.9 Å². The summed E-state index contributed by atoms with van der Waals surface area (Å²) in [6.07, 6.45) is 12.8. The van der Waals surface area contributed by atoms with Gasteiger partial charge < -0.3 is 14.9 Å².